The molecule has 3 rings (SSSR count). The van der Waals surface area contributed by atoms with E-state index in [1.807, 2.05) is 17.8 Å². The minimum atomic E-state index is -1.82. The van der Waals surface area contributed by atoms with Gasteiger partial charge in [-0.25, -0.2) is 19.0 Å². The number of hydrogen-bond donors (Lipinski definition) is 3. The van der Waals surface area contributed by atoms with Gasteiger partial charge in [-0.05, 0) is 43.2 Å². The van der Waals surface area contributed by atoms with E-state index in [0.29, 0.717) is 16.5 Å². The predicted octanol–water partition coefficient (Wildman–Crippen LogP) is 4.26. The second kappa shape index (κ2) is 9.89. The Labute approximate surface area is 177 Å². The van der Waals surface area contributed by atoms with Crippen LogP contribution < -0.4 is 5.32 Å². The third kappa shape index (κ3) is 5.57. The van der Waals surface area contributed by atoms with Crippen molar-refractivity contribution >= 4 is 29.5 Å². The van der Waals surface area contributed by atoms with Gasteiger partial charge in [0, 0.05) is 29.7 Å². The van der Waals surface area contributed by atoms with E-state index in [1.54, 1.807) is 12.1 Å². The Bertz CT molecular complexity index is 1050. The zero-order valence-electron chi connectivity index (χ0n) is 16.6. The van der Waals surface area contributed by atoms with Crippen LogP contribution in [0.1, 0.15) is 16.7 Å². The Kier molecular flexibility index (Phi) is 7.54. The summed E-state index contributed by atoms with van der Waals surface area (Å²) in [7, 11) is 1.93. The standard InChI is InChI=1S/C19H19ClFN3.C2H2O4/c1-12-7-8-14(9-13(12)2)18-11-23-19(24(18)3)22-10-15-16(20)5-4-6-17(15)21;3-1(4)2(5)6/h4-9,11H,10H2,1-3H3,(H,22,23);(H,3,4)(H,5,6). The number of nitrogens with zero attached hydrogens (tertiary/aromatic N) is 2. The van der Waals surface area contributed by atoms with Crippen molar-refractivity contribution in [1.29, 1.82) is 0 Å². The summed E-state index contributed by atoms with van der Waals surface area (Å²) in [4.78, 5) is 22.6. The van der Waals surface area contributed by atoms with Crippen LogP contribution in [0.15, 0.2) is 42.6 Å². The zero-order chi connectivity index (χ0) is 22.4. The summed E-state index contributed by atoms with van der Waals surface area (Å²) in [5, 5.41) is 18.3. The lowest BCUT2D eigenvalue weighted by Crippen LogP contribution is -2.09. The molecule has 1 heterocycles. The van der Waals surface area contributed by atoms with Gasteiger partial charge < -0.3 is 20.1 Å². The molecule has 30 heavy (non-hydrogen) atoms. The minimum absolute atomic E-state index is 0.280. The number of carboxylic acid groups (broad SMARTS) is 2. The number of anilines is 1. The SMILES string of the molecule is Cc1ccc(-c2cnc(NCc3c(F)cccc3Cl)n2C)cc1C.O=C(O)C(=O)O. The number of aryl methyl sites for hydroxylation is 2. The molecule has 3 aromatic rings. The van der Waals surface area contributed by atoms with Crippen molar-refractivity contribution in [2.75, 3.05) is 5.32 Å². The Morgan fingerprint density at radius 1 is 1.13 bits per heavy atom. The summed E-state index contributed by atoms with van der Waals surface area (Å²) < 4.78 is 15.8. The maximum atomic E-state index is 13.9. The minimum Gasteiger partial charge on any atom is -0.473 e. The lowest BCUT2D eigenvalue weighted by molar-refractivity contribution is -0.159. The molecule has 0 aliphatic carbocycles. The van der Waals surface area contributed by atoms with Crippen LogP contribution >= 0.6 is 11.6 Å². The maximum Gasteiger partial charge on any atom is 0.414 e. The van der Waals surface area contributed by atoms with Crippen molar-refractivity contribution in [3.05, 3.63) is 70.1 Å². The van der Waals surface area contributed by atoms with Gasteiger partial charge in [0.25, 0.3) is 0 Å². The Hall–Kier alpha value is -3.39. The number of halogens is 2. The van der Waals surface area contributed by atoms with Gasteiger partial charge in [0.2, 0.25) is 5.95 Å². The van der Waals surface area contributed by atoms with Gasteiger partial charge in [-0.15, -0.1) is 0 Å². The van der Waals surface area contributed by atoms with Crippen molar-refractivity contribution in [2.45, 2.75) is 20.4 Å². The molecule has 0 aliphatic heterocycles. The molecule has 9 heteroatoms. The summed E-state index contributed by atoms with van der Waals surface area (Å²) in [6.07, 6.45) is 1.81. The lowest BCUT2D eigenvalue weighted by Gasteiger charge is -2.11. The second-order valence-corrected chi connectivity index (χ2v) is 6.90. The fourth-order valence-electron chi connectivity index (χ4n) is 2.61. The maximum absolute atomic E-state index is 13.9. The molecule has 0 saturated carbocycles. The fourth-order valence-corrected chi connectivity index (χ4v) is 2.84. The highest BCUT2D eigenvalue weighted by Crippen LogP contribution is 2.25. The molecule has 158 valence electrons. The van der Waals surface area contributed by atoms with Crippen LogP contribution in [0.2, 0.25) is 5.02 Å². The highest BCUT2D eigenvalue weighted by molar-refractivity contribution is 6.31. The van der Waals surface area contributed by atoms with Gasteiger partial charge in [-0.3, -0.25) is 0 Å². The Morgan fingerprint density at radius 3 is 2.37 bits per heavy atom. The van der Waals surface area contributed by atoms with Gasteiger partial charge in [-0.2, -0.15) is 0 Å². The average molecular weight is 434 g/mol. The second-order valence-electron chi connectivity index (χ2n) is 6.49. The molecular weight excluding hydrogens is 413 g/mol. The van der Waals surface area contributed by atoms with E-state index >= 15 is 0 Å². The van der Waals surface area contributed by atoms with Crippen LogP contribution in [0, 0.1) is 19.7 Å². The van der Waals surface area contributed by atoms with Crippen LogP contribution in [-0.4, -0.2) is 31.7 Å². The Balaban J connectivity index is 0.000000469. The highest BCUT2D eigenvalue weighted by atomic mass is 35.5. The molecular formula is C21H21ClFN3O4. The average Bonchev–Trinajstić information content (AvgIpc) is 3.04. The van der Waals surface area contributed by atoms with Gasteiger partial charge in [-0.1, -0.05) is 29.8 Å². The third-order valence-electron chi connectivity index (χ3n) is 4.46. The smallest absolute Gasteiger partial charge is 0.414 e. The molecule has 0 radical (unpaired) electrons. The molecule has 0 bridgehead atoms. The first-order valence-electron chi connectivity index (χ1n) is 8.84. The number of aliphatic carboxylic acids is 2. The molecule has 0 aliphatic rings. The van der Waals surface area contributed by atoms with Gasteiger partial charge >= 0.3 is 11.9 Å². The molecule has 0 fully saturated rings. The summed E-state index contributed by atoms with van der Waals surface area (Å²) in [5.74, 6) is -3.30. The normalized spacial score (nSPS) is 10.2. The van der Waals surface area contributed by atoms with Gasteiger partial charge in [0.05, 0.1) is 11.9 Å². The van der Waals surface area contributed by atoms with Crippen LogP contribution in [0.4, 0.5) is 10.3 Å². The van der Waals surface area contributed by atoms with Crippen LogP contribution in [0.3, 0.4) is 0 Å². The molecule has 0 saturated heterocycles. The molecule has 3 N–H and O–H groups in total. The topological polar surface area (TPSA) is 104 Å². The molecule has 0 atom stereocenters. The van der Waals surface area contributed by atoms with E-state index in [1.165, 1.54) is 17.2 Å². The van der Waals surface area contributed by atoms with E-state index in [0.717, 1.165) is 11.3 Å². The predicted molar refractivity (Wildman–Crippen MR) is 112 cm³/mol. The summed E-state index contributed by atoms with van der Waals surface area (Å²) in [5.41, 5.74) is 5.04. The van der Waals surface area contributed by atoms with E-state index in [-0.39, 0.29) is 12.4 Å². The summed E-state index contributed by atoms with van der Waals surface area (Å²) >= 11 is 6.06. The molecule has 0 unspecified atom stereocenters. The fraction of sp³-hybridized carbons (Fsp3) is 0.190. The monoisotopic (exact) mass is 433 g/mol. The number of carbonyl (C=O) groups is 2. The van der Waals surface area contributed by atoms with Crippen molar-refractivity contribution in [2.24, 2.45) is 7.05 Å². The number of benzene rings is 2. The largest absolute Gasteiger partial charge is 0.473 e. The molecule has 1 aromatic heterocycles. The molecule has 7 nitrogen and oxygen atoms in total. The van der Waals surface area contributed by atoms with Gasteiger partial charge in [0.15, 0.2) is 0 Å². The summed E-state index contributed by atoms with van der Waals surface area (Å²) in [6.45, 7) is 4.46. The number of hydrogen-bond acceptors (Lipinski definition) is 4. The van der Waals surface area contributed by atoms with E-state index in [9.17, 15) is 4.39 Å². The third-order valence-corrected chi connectivity index (χ3v) is 4.81. The highest BCUT2D eigenvalue weighted by Gasteiger charge is 2.11. The van der Waals surface area contributed by atoms with E-state index in [2.05, 4.69) is 42.3 Å². The number of imidazole rings is 1. The van der Waals surface area contributed by atoms with Crippen LogP contribution in [0.25, 0.3) is 11.3 Å². The van der Waals surface area contributed by atoms with E-state index < -0.39 is 11.9 Å². The molecule has 0 spiro atoms. The van der Waals surface area contributed by atoms with Crippen molar-refractivity contribution in [3.8, 4) is 11.3 Å². The van der Waals surface area contributed by atoms with Crippen molar-refractivity contribution in [1.82, 2.24) is 9.55 Å². The summed E-state index contributed by atoms with van der Waals surface area (Å²) in [6, 6.07) is 11.0. The zero-order valence-corrected chi connectivity index (χ0v) is 17.4. The van der Waals surface area contributed by atoms with Gasteiger partial charge in [0.1, 0.15) is 5.82 Å². The van der Waals surface area contributed by atoms with Crippen LogP contribution in [0.5, 0.6) is 0 Å². The first kappa shape index (κ1) is 22.9. The number of nitrogens with one attached hydrogen (secondary N) is 1. The number of aromatic nitrogens is 2. The lowest BCUT2D eigenvalue weighted by atomic mass is 10.0. The number of rotatable bonds is 4. The van der Waals surface area contributed by atoms with Crippen LogP contribution in [-0.2, 0) is 23.2 Å². The first-order chi connectivity index (χ1) is 14.1. The van der Waals surface area contributed by atoms with Crippen molar-refractivity contribution < 1.29 is 24.2 Å². The van der Waals surface area contributed by atoms with E-state index in [4.69, 9.17) is 31.4 Å². The molecule has 0 amide bonds. The number of carboxylic acids is 2. The molecule has 2 aromatic carbocycles. The first-order valence-corrected chi connectivity index (χ1v) is 9.22. The van der Waals surface area contributed by atoms with Crippen molar-refractivity contribution in [3.63, 3.8) is 0 Å². The quantitative estimate of drug-likeness (QED) is 0.531. The Morgan fingerprint density at radius 2 is 1.80 bits per heavy atom.